The van der Waals surface area contributed by atoms with Gasteiger partial charge in [-0.05, 0) is 6.92 Å². The van der Waals surface area contributed by atoms with Crippen molar-refractivity contribution in [2.45, 2.75) is 13.0 Å². The maximum atomic E-state index is 5.56. The number of nitrogens with one attached hydrogen (secondary N) is 2. The zero-order valence-electron chi connectivity index (χ0n) is 9.21. The first-order chi connectivity index (χ1) is 8.19. The van der Waals surface area contributed by atoms with E-state index in [1.54, 1.807) is 23.6 Å². The number of aromatic nitrogens is 3. The van der Waals surface area contributed by atoms with Crippen LogP contribution < -0.4 is 22.3 Å². The van der Waals surface area contributed by atoms with Crippen LogP contribution in [-0.4, -0.2) is 15.0 Å². The molecule has 2 aromatic rings. The number of anilines is 3. The maximum absolute atomic E-state index is 5.56. The van der Waals surface area contributed by atoms with Crippen LogP contribution in [0.15, 0.2) is 17.6 Å². The Morgan fingerprint density at radius 3 is 2.76 bits per heavy atom. The second-order valence-corrected chi connectivity index (χ2v) is 4.30. The molecule has 0 spiro atoms. The molecule has 7 nitrogen and oxygen atoms in total. The van der Waals surface area contributed by atoms with E-state index >= 15 is 0 Å². The average molecular weight is 251 g/mol. The van der Waals surface area contributed by atoms with Gasteiger partial charge in [0.25, 0.3) is 0 Å². The average Bonchev–Trinajstić information content (AvgIpc) is 2.81. The van der Waals surface area contributed by atoms with Crippen molar-refractivity contribution in [3.8, 4) is 0 Å². The fourth-order valence-corrected chi connectivity index (χ4v) is 1.99. The Hall–Kier alpha value is -1.93. The number of hydrazine groups is 1. The lowest BCUT2D eigenvalue weighted by Crippen LogP contribution is -2.13. The highest BCUT2D eigenvalue weighted by Gasteiger charge is 2.09. The van der Waals surface area contributed by atoms with Crippen molar-refractivity contribution >= 4 is 28.9 Å². The minimum absolute atomic E-state index is 0.0509. The van der Waals surface area contributed by atoms with Gasteiger partial charge in [-0.15, -0.1) is 11.3 Å². The molecule has 0 fully saturated rings. The third-order valence-electron chi connectivity index (χ3n) is 2.08. The van der Waals surface area contributed by atoms with Crippen LogP contribution in [0, 0.1) is 0 Å². The van der Waals surface area contributed by atoms with E-state index in [2.05, 4.69) is 25.7 Å². The van der Waals surface area contributed by atoms with Crippen LogP contribution >= 0.6 is 11.3 Å². The SMILES string of the molecule is CC(Nc1cc(NN)nc(N)n1)c1nccs1. The van der Waals surface area contributed by atoms with E-state index in [1.165, 1.54) is 0 Å². The molecular weight excluding hydrogens is 238 g/mol. The number of rotatable bonds is 4. The van der Waals surface area contributed by atoms with Crippen molar-refractivity contribution in [3.05, 3.63) is 22.7 Å². The lowest BCUT2D eigenvalue weighted by molar-refractivity contribution is 0.859. The van der Waals surface area contributed by atoms with Crippen LogP contribution in [0.3, 0.4) is 0 Å². The van der Waals surface area contributed by atoms with Crippen LogP contribution in [0.5, 0.6) is 0 Å². The van der Waals surface area contributed by atoms with Crippen molar-refractivity contribution in [1.82, 2.24) is 15.0 Å². The van der Waals surface area contributed by atoms with Crippen molar-refractivity contribution < 1.29 is 0 Å². The molecule has 0 saturated heterocycles. The van der Waals surface area contributed by atoms with Gasteiger partial charge in [-0.25, -0.2) is 10.8 Å². The predicted molar refractivity (Wildman–Crippen MR) is 68.4 cm³/mol. The van der Waals surface area contributed by atoms with Gasteiger partial charge in [0.05, 0.1) is 6.04 Å². The number of nitrogens with two attached hydrogens (primary N) is 2. The molecule has 0 aliphatic rings. The molecule has 0 radical (unpaired) electrons. The lowest BCUT2D eigenvalue weighted by atomic mass is 10.3. The molecular formula is C9H13N7S. The third kappa shape index (κ3) is 2.80. The molecule has 0 bridgehead atoms. The van der Waals surface area contributed by atoms with Gasteiger partial charge in [0.15, 0.2) is 0 Å². The first kappa shape index (κ1) is 11.6. The Morgan fingerprint density at radius 2 is 2.12 bits per heavy atom. The Labute approximate surface area is 102 Å². The second kappa shape index (κ2) is 4.93. The van der Waals surface area contributed by atoms with Gasteiger partial charge in [-0.3, -0.25) is 0 Å². The summed E-state index contributed by atoms with van der Waals surface area (Å²) in [5.41, 5.74) is 7.99. The van der Waals surface area contributed by atoms with Crippen molar-refractivity contribution in [3.63, 3.8) is 0 Å². The van der Waals surface area contributed by atoms with E-state index in [-0.39, 0.29) is 12.0 Å². The van der Waals surface area contributed by atoms with Crippen molar-refractivity contribution in [2.75, 3.05) is 16.5 Å². The van der Waals surface area contributed by atoms with E-state index in [0.29, 0.717) is 11.6 Å². The first-order valence-electron chi connectivity index (χ1n) is 4.96. The molecule has 6 N–H and O–H groups in total. The Kier molecular flexibility index (Phi) is 3.35. The van der Waals surface area contributed by atoms with E-state index in [4.69, 9.17) is 11.6 Å². The number of nitrogens with zero attached hydrogens (tertiary/aromatic N) is 3. The van der Waals surface area contributed by atoms with Gasteiger partial charge in [-0.2, -0.15) is 9.97 Å². The molecule has 0 saturated carbocycles. The highest BCUT2D eigenvalue weighted by atomic mass is 32.1. The smallest absolute Gasteiger partial charge is 0.223 e. The van der Waals surface area contributed by atoms with Gasteiger partial charge in [-0.1, -0.05) is 0 Å². The fraction of sp³-hybridized carbons (Fsp3) is 0.222. The number of hydrogen-bond donors (Lipinski definition) is 4. The summed E-state index contributed by atoms with van der Waals surface area (Å²) in [5.74, 6) is 6.51. The second-order valence-electron chi connectivity index (χ2n) is 3.38. The van der Waals surface area contributed by atoms with Crippen molar-refractivity contribution in [2.24, 2.45) is 5.84 Å². The summed E-state index contributed by atoms with van der Waals surface area (Å²) < 4.78 is 0. The fourth-order valence-electron chi connectivity index (χ4n) is 1.35. The number of nitrogen functional groups attached to an aromatic ring is 2. The third-order valence-corrected chi connectivity index (χ3v) is 3.04. The summed E-state index contributed by atoms with van der Waals surface area (Å²) >= 11 is 1.58. The Morgan fingerprint density at radius 1 is 1.35 bits per heavy atom. The van der Waals surface area contributed by atoms with Gasteiger partial charge >= 0.3 is 0 Å². The molecule has 90 valence electrons. The van der Waals surface area contributed by atoms with E-state index in [0.717, 1.165) is 5.01 Å². The molecule has 1 atom stereocenters. The maximum Gasteiger partial charge on any atom is 0.223 e. The van der Waals surface area contributed by atoms with Crippen LogP contribution in [0.25, 0.3) is 0 Å². The molecule has 0 amide bonds. The van der Waals surface area contributed by atoms with Crippen molar-refractivity contribution in [1.29, 1.82) is 0 Å². The van der Waals surface area contributed by atoms with E-state index < -0.39 is 0 Å². The lowest BCUT2D eigenvalue weighted by Gasteiger charge is -2.12. The first-order valence-corrected chi connectivity index (χ1v) is 5.84. The normalized spacial score (nSPS) is 12.1. The Balaban J connectivity index is 2.15. The van der Waals surface area contributed by atoms with Gasteiger partial charge < -0.3 is 16.5 Å². The minimum atomic E-state index is 0.0509. The quantitative estimate of drug-likeness (QED) is 0.473. The Bertz CT molecular complexity index is 484. The summed E-state index contributed by atoms with van der Waals surface area (Å²) in [4.78, 5) is 12.2. The van der Waals surface area contributed by atoms with E-state index in [1.807, 2.05) is 12.3 Å². The highest BCUT2D eigenvalue weighted by Crippen LogP contribution is 2.21. The molecule has 1 unspecified atom stereocenters. The predicted octanol–water partition coefficient (Wildman–Crippen LogP) is 0.974. The topological polar surface area (TPSA) is 115 Å². The van der Waals surface area contributed by atoms with Crippen LogP contribution in [0.2, 0.25) is 0 Å². The number of hydrogen-bond acceptors (Lipinski definition) is 8. The summed E-state index contributed by atoms with van der Waals surface area (Å²) in [7, 11) is 0. The van der Waals surface area contributed by atoms with Crippen LogP contribution in [-0.2, 0) is 0 Å². The van der Waals surface area contributed by atoms with Gasteiger partial charge in [0.2, 0.25) is 5.95 Å². The highest BCUT2D eigenvalue weighted by molar-refractivity contribution is 7.09. The van der Waals surface area contributed by atoms with Crippen LogP contribution in [0.4, 0.5) is 17.6 Å². The molecule has 2 heterocycles. The van der Waals surface area contributed by atoms with Gasteiger partial charge in [0, 0.05) is 17.6 Å². The summed E-state index contributed by atoms with van der Waals surface area (Å²) in [6, 6.07) is 1.73. The molecule has 0 aliphatic carbocycles. The number of thiazole rings is 1. The summed E-state index contributed by atoms with van der Waals surface area (Å²) in [5, 5.41) is 6.08. The summed E-state index contributed by atoms with van der Waals surface area (Å²) in [6.45, 7) is 1.99. The molecule has 8 heteroatoms. The zero-order chi connectivity index (χ0) is 12.3. The minimum Gasteiger partial charge on any atom is -0.368 e. The molecule has 0 aromatic carbocycles. The molecule has 2 aromatic heterocycles. The molecule has 2 rings (SSSR count). The largest absolute Gasteiger partial charge is 0.368 e. The molecule has 0 aliphatic heterocycles. The standard InChI is InChI=1S/C9H13N7S/c1-5(8-12-2-3-17-8)13-6-4-7(16-11)15-9(10)14-6/h2-5H,11H2,1H3,(H4,10,13,14,15,16). The monoisotopic (exact) mass is 251 g/mol. The summed E-state index contributed by atoms with van der Waals surface area (Å²) in [6.07, 6.45) is 1.76. The van der Waals surface area contributed by atoms with Gasteiger partial charge in [0.1, 0.15) is 16.6 Å². The zero-order valence-corrected chi connectivity index (χ0v) is 10.0. The molecule has 17 heavy (non-hydrogen) atoms. The van der Waals surface area contributed by atoms with E-state index in [9.17, 15) is 0 Å². The van der Waals surface area contributed by atoms with Crippen LogP contribution in [0.1, 0.15) is 18.0 Å².